The van der Waals surface area contributed by atoms with Gasteiger partial charge in [-0.1, -0.05) is 18.2 Å². The first-order chi connectivity index (χ1) is 8.88. The lowest BCUT2D eigenvalue weighted by molar-refractivity contribution is 0.210. The predicted octanol–water partition coefficient (Wildman–Crippen LogP) is 1.67. The van der Waals surface area contributed by atoms with Gasteiger partial charge in [-0.15, -0.1) is 5.10 Å². The third kappa shape index (κ3) is 3.67. The molecule has 0 aliphatic heterocycles. The Balaban J connectivity index is 1.99. The van der Waals surface area contributed by atoms with Crippen LogP contribution in [0.25, 0.3) is 0 Å². The van der Waals surface area contributed by atoms with E-state index in [1.807, 2.05) is 30.3 Å². The number of nitrogens with zero attached hydrogens (tertiary/aromatic N) is 3. The van der Waals surface area contributed by atoms with E-state index in [-0.39, 0.29) is 0 Å². The monoisotopic (exact) mass is 245 g/mol. The van der Waals surface area contributed by atoms with Crippen molar-refractivity contribution in [1.29, 1.82) is 0 Å². The number of rotatable bonds is 6. The van der Waals surface area contributed by atoms with Gasteiger partial charge in [0.1, 0.15) is 0 Å². The minimum Gasteiger partial charge on any atom is -0.383 e. The van der Waals surface area contributed by atoms with Crippen molar-refractivity contribution < 1.29 is 4.74 Å². The van der Waals surface area contributed by atoms with Crippen LogP contribution < -0.4 is 10.6 Å². The Morgan fingerprint density at radius 2 is 2.06 bits per heavy atom. The molecule has 0 bridgehead atoms. The highest BCUT2D eigenvalue weighted by molar-refractivity contribution is 5.53. The average Bonchev–Trinajstić information content (AvgIpc) is 2.41. The number of ether oxygens (including phenoxy) is 1. The Hall–Kier alpha value is -2.21. The summed E-state index contributed by atoms with van der Waals surface area (Å²) in [5.41, 5.74) is 0.924. The molecule has 0 spiro atoms. The summed E-state index contributed by atoms with van der Waals surface area (Å²) in [5, 5.41) is 14.0. The molecule has 1 aromatic carbocycles. The van der Waals surface area contributed by atoms with Gasteiger partial charge in [0.15, 0.2) is 5.82 Å². The molecule has 0 radical (unpaired) electrons. The molecule has 6 nitrogen and oxygen atoms in total. The maximum absolute atomic E-state index is 4.95. The van der Waals surface area contributed by atoms with Crippen LogP contribution >= 0.6 is 0 Å². The van der Waals surface area contributed by atoms with Crippen LogP contribution in [0, 0.1) is 0 Å². The number of hydrogen-bond acceptors (Lipinski definition) is 6. The molecule has 2 aromatic rings. The second kappa shape index (κ2) is 6.51. The summed E-state index contributed by atoms with van der Waals surface area (Å²) in [6, 6.07) is 9.71. The quantitative estimate of drug-likeness (QED) is 0.754. The standard InChI is InChI=1S/C12H15N5O/c1-18-8-7-13-11-9-14-17-12(16-11)15-10-5-3-2-4-6-10/h2-6,9H,7-8H2,1H3,(H2,13,15,16,17). The largest absolute Gasteiger partial charge is 0.383 e. The minimum atomic E-state index is 0.462. The maximum Gasteiger partial charge on any atom is 0.249 e. The van der Waals surface area contributed by atoms with Crippen molar-refractivity contribution in [3.05, 3.63) is 36.5 Å². The van der Waals surface area contributed by atoms with Gasteiger partial charge in [-0.3, -0.25) is 0 Å². The van der Waals surface area contributed by atoms with Gasteiger partial charge in [-0.05, 0) is 12.1 Å². The van der Waals surface area contributed by atoms with Crippen molar-refractivity contribution in [2.24, 2.45) is 0 Å². The highest BCUT2D eigenvalue weighted by Gasteiger charge is 2.00. The Labute approximate surface area is 105 Å². The van der Waals surface area contributed by atoms with Crippen molar-refractivity contribution in [3.63, 3.8) is 0 Å². The van der Waals surface area contributed by atoms with Gasteiger partial charge >= 0.3 is 0 Å². The van der Waals surface area contributed by atoms with Crippen molar-refractivity contribution in [1.82, 2.24) is 15.2 Å². The maximum atomic E-state index is 4.95. The molecular formula is C12H15N5O. The first-order valence-electron chi connectivity index (χ1n) is 5.63. The summed E-state index contributed by atoms with van der Waals surface area (Å²) in [6.07, 6.45) is 1.58. The van der Waals surface area contributed by atoms with Crippen molar-refractivity contribution in [2.75, 3.05) is 30.9 Å². The number of para-hydroxylation sites is 1. The van der Waals surface area contributed by atoms with Gasteiger partial charge < -0.3 is 15.4 Å². The lowest BCUT2D eigenvalue weighted by Gasteiger charge is -2.06. The zero-order valence-electron chi connectivity index (χ0n) is 10.1. The fraction of sp³-hybridized carbons (Fsp3) is 0.250. The van der Waals surface area contributed by atoms with Crippen LogP contribution in [0.2, 0.25) is 0 Å². The lowest BCUT2D eigenvalue weighted by atomic mass is 10.3. The molecule has 0 fully saturated rings. The van der Waals surface area contributed by atoms with E-state index in [0.29, 0.717) is 24.9 Å². The molecule has 1 aromatic heterocycles. The van der Waals surface area contributed by atoms with Crippen molar-refractivity contribution in [3.8, 4) is 0 Å². The van der Waals surface area contributed by atoms with Crippen LogP contribution in [-0.2, 0) is 4.74 Å². The van der Waals surface area contributed by atoms with Crippen LogP contribution in [0.4, 0.5) is 17.5 Å². The molecular weight excluding hydrogens is 230 g/mol. The van der Waals surface area contributed by atoms with Gasteiger partial charge in [0.2, 0.25) is 5.95 Å². The second-order valence-electron chi connectivity index (χ2n) is 3.58. The number of hydrogen-bond donors (Lipinski definition) is 2. The molecule has 0 aliphatic carbocycles. The SMILES string of the molecule is COCCNc1cnnc(Nc2ccccc2)n1. The van der Waals surface area contributed by atoms with E-state index in [9.17, 15) is 0 Å². The zero-order valence-corrected chi connectivity index (χ0v) is 10.1. The van der Waals surface area contributed by atoms with E-state index in [1.54, 1.807) is 13.3 Å². The van der Waals surface area contributed by atoms with Crippen LogP contribution in [0.5, 0.6) is 0 Å². The summed E-state index contributed by atoms with van der Waals surface area (Å²) in [4.78, 5) is 4.29. The molecule has 2 N–H and O–H groups in total. The van der Waals surface area contributed by atoms with Gasteiger partial charge in [0.05, 0.1) is 12.8 Å². The molecule has 18 heavy (non-hydrogen) atoms. The molecule has 0 atom stereocenters. The molecule has 0 saturated carbocycles. The third-order valence-corrected chi connectivity index (χ3v) is 2.20. The van der Waals surface area contributed by atoms with E-state index in [4.69, 9.17) is 4.74 Å². The van der Waals surface area contributed by atoms with Gasteiger partial charge in [-0.2, -0.15) is 10.1 Å². The van der Waals surface area contributed by atoms with E-state index in [2.05, 4.69) is 25.8 Å². The molecule has 6 heteroatoms. The summed E-state index contributed by atoms with van der Waals surface area (Å²) < 4.78 is 4.95. The predicted molar refractivity (Wildman–Crippen MR) is 69.9 cm³/mol. The fourth-order valence-corrected chi connectivity index (χ4v) is 1.37. The highest BCUT2D eigenvalue weighted by Crippen LogP contribution is 2.12. The van der Waals surface area contributed by atoms with Crippen LogP contribution in [0.15, 0.2) is 36.5 Å². The average molecular weight is 245 g/mol. The molecule has 0 saturated heterocycles. The van der Waals surface area contributed by atoms with Crippen LogP contribution in [-0.4, -0.2) is 35.4 Å². The van der Waals surface area contributed by atoms with Crippen LogP contribution in [0.3, 0.4) is 0 Å². The van der Waals surface area contributed by atoms with E-state index in [0.717, 1.165) is 5.69 Å². The van der Waals surface area contributed by atoms with E-state index in [1.165, 1.54) is 0 Å². The third-order valence-electron chi connectivity index (χ3n) is 2.20. The fourth-order valence-electron chi connectivity index (χ4n) is 1.37. The number of benzene rings is 1. The summed E-state index contributed by atoms with van der Waals surface area (Å²) in [5.74, 6) is 1.13. The normalized spacial score (nSPS) is 10.1. The van der Waals surface area contributed by atoms with Gasteiger partial charge in [-0.25, -0.2) is 0 Å². The second-order valence-corrected chi connectivity index (χ2v) is 3.58. The Bertz CT molecular complexity index is 477. The molecule has 0 amide bonds. The Kier molecular flexibility index (Phi) is 4.43. The van der Waals surface area contributed by atoms with Crippen LogP contribution in [0.1, 0.15) is 0 Å². The Morgan fingerprint density at radius 3 is 2.83 bits per heavy atom. The molecule has 0 unspecified atom stereocenters. The molecule has 1 heterocycles. The highest BCUT2D eigenvalue weighted by atomic mass is 16.5. The summed E-state index contributed by atoms with van der Waals surface area (Å²) >= 11 is 0. The number of nitrogens with one attached hydrogen (secondary N) is 2. The number of methoxy groups -OCH3 is 1. The molecule has 2 rings (SSSR count). The summed E-state index contributed by atoms with van der Waals surface area (Å²) in [6.45, 7) is 1.30. The smallest absolute Gasteiger partial charge is 0.249 e. The number of aromatic nitrogens is 3. The molecule has 0 aliphatic rings. The van der Waals surface area contributed by atoms with Gasteiger partial charge in [0, 0.05) is 19.3 Å². The van der Waals surface area contributed by atoms with E-state index >= 15 is 0 Å². The molecule has 94 valence electrons. The topological polar surface area (TPSA) is 72.0 Å². The van der Waals surface area contributed by atoms with Crippen molar-refractivity contribution >= 4 is 17.5 Å². The van der Waals surface area contributed by atoms with E-state index < -0.39 is 0 Å². The first-order valence-corrected chi connectivity index (χ1v) is 5.63. The number of anilines is 3. The summed E-state index contributed by atoms with van der Waals surface area (Å²) in [7, 11) is 1.66. The minimum absolute atomic E-state index is 0.462. The van der Waals surface area contributed by atoms with Gasteiger partial charge in [0.25, 0.3) is 0 Å². The van der Waals surface area contributed by atoms with Crippen molar-refractivity contribution in [2.45, 2.75) is 0 Å². The lowest BCUT2D eigenvalue weighted by Crippen LogP contribution is -2.10. The first kappa shape index (κ1) is 12.3. The Morgan fingerprint density at radius 1 is 1.22 bits per heavy atom. The zero-order chi connectivity index (χ0) is 12.6.